The number of benzene rings is 2. The second-order valence-corrected chi connectivity index (χ2v) is 7.18. The van der Waals surface area contributed by atoms with Crippen LogP contribution in [0.25, 0.3) is 0 Å². The van der Waals surface area contributed by atoms with E-state index in [1.807, 2.05) is 0 Å². The zero-order chi connectivity index (χ0) is 22.8. The van der Waals surface area contributed by atoms with E-state index in [0.29, 0.717) is 10.7 Å². The number of amides is 4. The summed E-state index contributed by atoms with van der Waals surface area (Å²) in [7, 11) is 0. The molecule has 0 radical (unpaired) electrons. The van der Waals surface area contributed by atoms with Crippen molar-refractivity contribution in [1.82, 2.24) is 16.0 Å². The number of nitrogens with one attached hydrogen (secondary N) is 4. The number of carbonyl (C=O) groups is 4. The first-order valence-electron chi connectivity index (χ1n) is 9.07. The minimum absolute atomic E-state index is 0.103. The van der Waals surface area contributed by atoms with Crippen molar-refractivity contribution in [3.05, 3.63) is 64.1 Å². The van der Waals surface area contributed by atoms with E-state index in [9.17, 15) is 24.3 Å². The van der Waals surface area contributed by atoms with Crippen LogP contribution in [0.4, 0.5) is 10.5 Å². The summed E-state index contributed by atoms with van der Waals surface area (Å²) in [5.41, 5.74) is 1.13. The lowest BCUT2D eigenvalue weighted by atomic mass is 10.1. The number of halogens is 2. The standard InChI is InChI=1S/C20H20Cl2N4O5/c21-14-7-6-13(9-15(14)22)25-20(31)24-10-17(27)23-11-18(28)26-16(19(29)30)8-12-4-2-1-3-5-12/h1-7,9,16H,8,10-11H2,(H,23,27)(H,26,28)(H,29,30)(H2,24,25,31)/t16-/m1/s1. The number of hydrogen-bond donors (Lipinski definition) is 5. The molecule has 2 aromatic rings. The van der Waals surface area contributed by atoms with Gasteiger partial charge in [0.2, 0.25) is 11.8 Å². The molecule has 5 N–H and O–H groups in total. The van der Waals surface area contributed by atoms with Gasteiger partial charge in [0.15, 0.2) is 0 Å². The highest BCUT2D eigenvalue weighted by molar-refractivity contribution is 6.42. The van der Waals surface area contributed by atoms with Gasteiger partial charge >= 0.3 is 12.0 Å². The fourth-order valence-corrected chi connectivity index (χ4v) is 2.74. The highest BCUT2D eigenvalue weighted by Crippen LogP contribution is 2.24. The molecular weight excluding hydrogens is 447 g/mol. The minimum Gasteiger partial charge on any atom is -0.480 e. The fraction of sp³-hybridized carbons (Fsp3) is 0.200. The summed E-state index contributed by atoms with van der Waals surface area (Å²) in [6.45, 7) is -0.833. The lowest BCUT2D eigenvalue weighted by molar-refractivity contribution is -0.141. The summed E-state index contributed by atoms with van der Waals surface area (Å²) in [4.78, 5) is 47.0. The van der Waals surface area contributed by atoms with Gasteiger partial charge in [-0.3, -0.25) is 9.59 Å². The van der Waals surface area contributed by atoms with Crippen molar-refractivity contribution in [2.24, 2.45) is 0 Å². The third-order valence-corrected chi connectivity index (χ3v) is 4.69. The van der Waals surface area contributed by atoms with Crippen LogP contribution in [0.3, 0.4) is 0 Å². The average Bonchev–Trinajstić information content (AvgIpc) is 2.73. The molecule has 0 spiro atoms. The van der Waals surface area contributed by atoms with Gasteiger partial charge in [-0.25, -0.2) is 9.59 Å². The Hall–Kier alpha value is -3.30. The van der Waals surface area contributed by atoms with E-state index >= 15 is 0 Å². The van der Waals surface area contributed by atoms with Gasteiger partial charge in [-0.2, -0.15) is 0 Å². The summed E-state index contributed by atoms with van der Waals surface area (Å²) in [5.74, 6) is -2.49. The molecule has 0 aliphatic carbocycles. The maximum Gasteiger partial charge on any atom is 0.326 e. The quantitative estimate of drug-likeness (QED) is 0.385. The largest absolute Gasteiger partial charge is 0.480 e. The number of carboxylic acids is 1. The van der Waals surface area contributed by atoms with Crippen molar-refractivity contribution in [1.29, 1.82) is 0 Å². The second kappa shape index (κ2) is 11.8. The zero-order valence-electron chi connectivity index (χ0n) is 16.2. The van der Waals surface area contributed by atoms with Crippen molar-refractivity contribution in [3.8, 4) is 0 Å². The minimum atomic E-state index is -1.19. The summed E-state index contributed by atoms with van der Waals surface area (Å²) in [5, 5.41) is 19.3. The summed E-state index contributed by atoms with van der Waals surface area (Å²) in [6, 6.07) is 11.5. The Morgan fingerprint density at radius 3 is 2.19 bits per heavy atom. The van der Waals surface area contributed by atoms with Crippen LogP contribution in [0.15, 0.2) is 48.5 Å². The number of urea groups is 1. The lowest BCUT2D eigenvalue weighted by Crippen LogP contribution is -2.48. The summed E-state index contributed by atoms with van der Waals surface area (Å²) >= 11 is 11.6. The Labute approximate surface area is 188 Å². The first-order valence-corrected chi connectivity index (χ1v) is 9.83. The van der Waals surface area contributed by atoms with Crippen molar-refractivity contribution in [2.45, 2.75) is 12.5 Å². The first-order chi connectivity index (χ1) is 14.7. The molecule has 0 unspecified atom stereocenters. The molecule has 2 rings (SSSR count). The van der Waals surface area contributed by atoms with E-state index in [1.165, 1.54) is 18.2 Å². The van der Waals surface area contributed by atoms with E-state index in [0.717, 1.165) is 5.56 Å². The monoisotopic (exact) mass is 466 g/mol. The number of carbonyl (C=O) groups excluding carboxylic acids is 3. The topological polar surface area (TPSA) is 137 Å². The maximum atomic E-state index is 12.0. The number of anilines is 1. The molecule has 4 amide bonds. The third-order valence-electron chi connectivity index (χ3n) is 3.95. The zero-order valence-corrected chi connectivity index (χ0v) is 17.7. The van der Waals surface area contributed by atoms with E-state index in [4.69, 9.17) is 23.2 Å². The first kappa shape index (κ1) is 24.0. The van der Waals surface area contributed by atoms with E-state index in [-0.39, 0.29) is 11.4 Å². The Morgan fingerprint density at radius 2 is 1.55 bits per heavy atom. The summed E-state index contributed by atoms with van der Waals surface area (Å²) in [6.07, 6.45) is 0.103. The van der Waals surface area contributed by atoms with Gasteiger partial charge in [-0.15, -0.1) is 0 Å². The molecular formula is C20H20Cl2N4O5. The predicted octanol–water partition coefficient (Wildman–Crippen LogP) is 2.04. The molecule has 1 atom stereocenters. The number of aliphatic carboxylic acids is 1. The smallest absolute Gasteiger partial charge is 0.326 e. The Kier molecular flexibility index (Phi) is 9.11. The molecule has 0 aliphatic heterocycles. The molecule has 0 fully saturated rings. The number of hydrogen-bond acceptors (Lipinski definition) is 4. The average molecular weight is 467 g/mol. The van der Waals surface area contributed by atoms with Crippen LogP contribution in [-0.2, 0) is 20.8 Å². The second-order valence-electron chi connectivity index (χ2n) is 6.36. The molecule has 0 bridgehead atoms. The molecule has 0 aromatic heterocycles. The van der Waals surface area contributed by atoms with Crippen LogP contribution in [0.2, 0.25) is 10.0 Å². The fourth-order valence-electron chi connectivity index (χ4n) is 2.45. The summed E-state index contributed by atoms with van der Waals surface area (Å²) < 4.78 is 0. The molecule has 0 saturated heterocycles. The maximum absolute atomic E-state index is 12.0. The van der Waals surface area contributed by atoms with Crippen LogP contribution in [0.5, 0.6) is 0 Å². The highest BCUT2D eigenvalue weighted by Gasteiger charge is 2.20. The molecule has 0 aliphatic rings. The number of carboxylic acid groups (broad SMARTS) is 1. The molecule has 31 heavy (non-hydrogen) atoms. The highest BCUT2D eigenvalue weighted by atomic mass is 35.5. The Morgan fingerprint density at radius 1 is 0.871 bits per heavy atom. The van der Waals surface area contributed by atoms with Gasteiger partial charge in [0, 0.05) is 12.1 Å². The van der Waals surface area contributed by atoms with Crippen LogP contribution < -0.4 is 21.3 Å². The molecule has 164 valence electrons. The van der Waals surface area contributed by atoms with E-state index in [2.05, 4.69) is 21.3 Å². The van der Waals surface area contributed by atoms with E-state index in [1.54, 1.807) is 30.3 Å². The Bertz CT molecular complexity index is 956. The van der Waals surface area contributed by atoms with Gasteiger partial charge in [0.25, 0.3) is 0 Å². The van der Waals surface area contributed by atoms with Gasteiger partial charge in [0.05, 0.1) is 23.1 Å². The van der Waals surface area contributed by atoms with Crippen molar-refractivity contribution in [3.63, 3.8) is 0 Å². The molecule has 9 nitrogen and oxygen atoms in total. The molecule has 11 heteroatoms. The van der Waals surface area contributed by atoms with Crippen LogP contribution in [0.1, 0.15) is 5.56 Å². The predicted molar refractivity (Wildman–Crippen MR) is 116 cm³/mol. The molecule has 0 heterocycles. The lowest BCUT2D eigenvalue weighted by Gasteiger charge is -2.15. The van der Waals surface area contributed by atoms with Crippen LogP contribution >= 0.6 is 23.2 Å². The normalized spacial score (nSPS) is 11.2. The van der Waals surface area contributed by atoms with Gasteiger partial charge < -0.3 is 26.4 Å². The number of rotatable bonds is 9. The Balaban J connectivity index is 1.72. The van der Waals surface area contributed by atoms with Gasteiger partial charge in [-0.1, -0.05) is 53.5 Å². The van der Waals surface area contributed by atoms with Crippen molar-refractivity contribution in [2.75, 3.05) is 18.4 Å². The van der Waals surface area contributed by atoms with Crippen LogP contribution in [-0.4, -0.2) is 48.1 Å². The van der Waals surface area contributed by atoms with Crippen molar-refractivity contribution >= 4 is 52.7 Å². The SMILES string of the molecule is O=C(CNC(=O)Nc1ccc(Cl)c(Cl)c1)NCC(=O)N[C@H](Cc1ccccc1)C(=O)O. The third kappa shape index (κ3) is 8.53. The van der Waals surface area contributed by atoms with Crippen LogP contribution in [0, 0.1) is 0 Å². The molecule has 2 aromatic carbocycles. The van der Waals surface area contributed by atoms with Gasteiger partial charge in [0.1, 0.15) is 6.04 Å². The van der Waals surface area contributed by atoms with E-state index < -0.39 is 42.9 Å². The van der Waals surface area contributed by atoms with Crippen molar-refractivity contribution < 1.29 is 24.3 Å². The van der Waals surface area contributed by atoms with Gasteiger partial charge in [-0.05, 0) is 23.8 Å². The molecule has 0 saturated carbocycles.